The normalized spacial score (nSPS) is 20.3. The summed E-state index contributed by atoms with van der Waals surface area (Å²) in [5.41, 5.74) is 0.544. The number of nitrogens with zero attached hydrogens (tertiary/aromatic N) is 3. The summed E-state index contributed by atoms with van der Waals surface area (Å²) < 4.78 is 1.79. The predicted octanol–water partition coefficient (Wildman–Crippen LogP) is 1.89. The molecule has 0 unspecified atom stereocenters. The summed E-state index contributed by atoms with van der Waals surface area (Å²) in [6.45, 7) is 6.82. The van der Waals surface area contributed by atoms with E-state index in [0.29, 0.717) is 0 Å². The molecule has 3 heteroatoms. The van der Waals surface area contributed by atoms with Gasteiger partial charge < -0.3 is 0 Å². The lowest BCUT2D eigenvalue weighted by Gasteiger charge is -2.28. The zero-order valence-corrected chi connectivity index (χ0v) is 8.83. The average molecular weight is 179 g/mol. The van der Waals surface area contributed by atoms with Gasteiger partial charge in [0, 0.05) is 12.5 Å². The van der Waals surface area contributed by atoms with Crippen LogP contribution in [0.1, 0.15) is 39.4 Å². The van der Waals surface area contributed by atoms with Crippen LogP contribution in [-0.2, 0) is 12.5 Å². The van der Waals surface area contributed by atoms with Gasteiger partial charge in [-0.05, 0) is 18.3 Å². The van der Waals surface area contributed by atoms with E-state index in [2.05, 4.69) is 30.9 Å². The highest BCUT2D eigenvalue weighted by Gasteiger charge is 2.55. The quantitative estimate of drug-likeness (QED) is 0.659. The second-order valence-corrected chi connectivity index (χ2v) is 5.07. The van der Waals surface area contributed by atoms with Crippen LogP contribution in [0.25, 0.3) is 0 Å². The Kier molecular flexibility index (Phi) is 1.57. The lowest BCUT2D eigenvalue weighted by atomic mass is 9.77. The van der Waals surface area contributed by atoms with Crippen molar-refractivity contribution < 1.29 is 0 Å². The molecule has 0 atom stereocenters. The van der Waals surface area contributed by atoms with E-state index >= 15 is 0 Å². The number of rotatable bonds is 1. The molecule has 0 bridgehead atoms. The smallest absolute Gasteiger partial charge is 0.157 e. The SMILES string of the molecule is Cn1cnc(C2(C(C)(C)C)CC2)n1. The summed E-state index contributed by atoms with van der Waals surface area (Å²) >= 11 is 0. The van der Waals surface area contributed by atoms with Crippen LogP contribution in [0, 0.1) is 5.41 Å². The van der Waals surface area contributed by atoms with Gasteiger partial charge in [-0.15, -0.1) is 0 Å². The van der Waals surface area contributed by atoms with E-state index in [1.54, 1.807) is 11.0 Å². The summed E-state index contributed by atoms with van der Waals surface area (Å²) in [6, 6.07) is 0. The predicted molar refractivity (Wildman–Crippen MR) is 51.4 cm³/mol. The van der Waals surface area contributed by atoms with Crippen molar-refractivity contribution in [2.75, 3.05) is 0 Å². The molecule has 0 amide bonds. The molecule has 1 aliphatic rings. The van der Waals surface area contributed by atoms with Crippen LogP contribution in [0.4, 0.5) is 0 Å². The molecule has 1 aliphatic carbocycles. The molecule has 0 saturated heterocycles. The van der Waals surface area contributed by atoms with E-state index in [-0.39, 0.29) is 10.8 Å². The topological polar surface area (TPSA) is 30.7 Å². The van der Waals surface area contributed by atoms with Crippen molar-refractivity contribution in [3.8, 4) is 0 Å². The molecule has 1 heterocycles. The first-order chi connectivity index (χ1) is 5.96. The average Bonchev–Trinajstić information content (AvgIpc) is 2.70. The van der Waals surface area contributed by atoms with Gasteiger partial charge >= 0.3 is 0 Å². The van der Waals surface area contributed by atoms with Gasteiger partial charge in [0.2, 0.25) is 0 Å². The van der Waals surface area contributed by atoms with Gasteiger partial charge in [0.15, 0.2) is 5.82 Å². The lowest BCUT2D eigenvalue weighted by Crippen LogP contribution is -2.27. The van der Waals surface area contributed by atoms with E-state index in [1.807, 2.05) is 7.05 Å². The van der Waals surface area contributed by atoms with Gasteiger partial charge in [-0.3, -0.25) is 4.68 Å². The first-order valence-corrected chi connectivity index (χ1v) is 4.82. The zero-order chi connectivity index (χ0) is 9.69. The minimum atomic E-state index is 0.258. The highest BCUT2D eigenvalue weighted by atomic mass is 15.3. The molecule has 13 heavy (non-hydrogen) atoms. The largest absolute Gasteiger partial charge is 0.256 e. The summed E-state index contributed by atoms with van der Waals surface area (Å²) in [5, 5.41) is 4.42. The van der Waals surface area contributed by atoms with Crippen molar-refractivity contribution in [1.29, 1.82) is 0 Å². The Morgan fingerprint density at radius 2 is 2.00 bits per heavy atom. The minimum absolute atomic E-state index is 0.258. The van der Waals surface area contributed by atoms with Crippen molar-refractivity contribution in [2.45, 2.75) is 39.0 Å². The standard InChI is InChI=1S/C10H17N3/c1-9(2,3)10(5-6-10)8-11-7-13(4)12-8/h7H,5-6H2,1-4H3. The molecular weight excluding hydrogens is 162 g/mol. The summed E-state index contributed by atoms with van der Waals surface area (Å²) in [6.07, 6.45) is 4.27. The molecule has 1 aromatic rings. The van der Waals surface area contributed by atoms with Gasteiger partial charge in [-0.2, -0.15) is 5.10 Å². The molecule has 0 aliphatic heterocycles. The molecule has 1 fully saturated rings. The molecule has 3 nitrogen and oxygen atoms in total. The Labute approximate surface area is 79.2 Å². The fourth-order valence-corrected chi connectivity index (χ4v) is 1.99. The van der Waals surface area contributed by atoms with E-state index in [0.717, 1.165) is 5.82 Å². The number of hydrogen-bond donors (Lipinski definition) is 0. The van der Waals surface area contributed by atoms with Crippen LogP contribution >= 0.6 is 0 Å². The maximum absolute atomic E-state index is 4.42. The number of aromatic nitrogens is 3. The maximum atomic E-state index is 4.42. The van der Waals surface area contributed by atoms with Crippen LogP contribution < -0.4 is 0 Å². The van der Waals surface area contributed by atoms with Crippen LogP contribution in [0.3, 0.4) is 0 Å². The summed E-state index contributed by atoms with van der Waals surface area (Å²) in [5.74, 6) is 1.03. The highest BCUT2D eigenvalue weighted by molar-refractivity contribution is 5.21. The molecule has 1 aromatic heterocycles. The first-order valence-electron chi connectivity index (χ1n) is 4.82. The molecule has 2 rings (SSSR count). The van der Waals surface area contributed by atoms with Crippen LogP contribution in [0.15, 0.2) is 6.33 Å². The molecule has 0 spiro atoms. The molecular formula is C10H17N3. The Balaban J connectivity index is 2.36. The Morgan fingerprint density at radius 1 is 1.38 bits per heavy atom. The first kappa shape index (κ1) is 8.73. The molecule has 0 aromatic carbocycles. The third-order valence-corrected chi connectivity index (χ3v) is 3.21. The fourth-order valence-electron chi connectivity index (χ4n) is 1.99. The number of hydrogen-bond acceptors (Lipinski definition) is 2. The van der Waals surface area contributed by atoms with Crippen LogP contribution in [0.2, 0.25) is 0 Å². The van der Waals surface area contributed by atoms with Crippen LogP contribution in [0.5, 0.6) is 0 Å². The van der Waals surface area contributed by atoms with Crippen molar-refractivity contribution in [3.05, 3.63) is 12.2 Å². The van der Waals surface area contributed by atoms with Crippen molar-refractivity contribution in [2.24, 2.45) is 12.5 Å². The van der Waals surface area contributed by atoms with Gasteiger partial charge in [0.05, 0.1) is 0 Å². The lowest BCUT2D eigenvalue weighted by molar-refractivity contribution is 0.286. The molecule has 0 N–H and O–H groups in total. The summed E-state index contributed by atoms with van der Waals surface area (Å²) in [7, 11) is 1.93. The zero-order valence-electron chi connectivity index (χ0n) is 8.83. The molecule has 72 valence electrons. The fraction of sp³-hybridized carbons (Fsp3) is 0.800. The monoisotopic (exact) mass is 179 g/mol. The Hall–Kier alpha value is -0.860. The Morgan fingerprint density at radius 3 is 2.31 bits per heavy atom. The van der Waals surface area contributed by atoms with Crippen molar-refractivity contribution in [1.82, 2.24) is 14.8 Å². The highest BCUT2D eigenvalue weighted by Crippen LogP contribution is 2.58. The van der Waals surface area contributed by atoms with E-state index in [1.165, 1.54) is 12.8 Å². The van der Waals surface area contributed by atoms with Crippen molar-refractivity contribution >= 4 is 0 Å². The third-order valence-electron chi connectivity index (χ3n) is 3.21. The van der Waals surface area contributed by atoms with E-state index < -0.39 is 0 Å². The van der Waals surface area contributed by atoms with E-state index in [9.17, 15) is 0 Å². The second-order valence-electron chi connectivity index (χ2n) is 5.07. The van der Waals surface area contributed by atoms with Gasteiger partial charge in [-0.1, -0.05) is 20.8 Å². The summed E-state index contributed by atoms with van der Waals surface area (Å²) in [4.78, 5) is 4.37. The molecule has 0 radical (unpaired) electrons. The minimum Gasteiger partial charge on any atom is -0.256 e. The maximum Gasteiger partial charge on any atom is 0.157 e. The van der Waals surface area contributed by atoms with Crippen molar-refractivity contribution in [3.63, 3.8) is 0 Å². The van der Waals surface area contributed by atoms with Gasteiger partial charge in [-0.25, -0.2) is 4.98 Å². The van der Waals surface area contributed by atoms with Gasteiger partial charge in [0.1, 0.15) is 6.33 Å². The second kappa shape index (κ2) is 2.34. The van der Waals surface area contributed by atoms with Crippen LogP contribution in [-0.4, -0.2) is 14.8 Å². The van der Waals surface area contributed by atoms with Gasteiger partial charge in [0.25, 0.3) is 0 Å². The third kappa shape index (κ3) is 1.18. The number of aryl methyl sites for hydroxylation is 1. The Bertz CT molecular complexity index is 315. The molecule has 1 saturated carbocycles. The van der Waals surface area contributed by atoms with E-state index in [4.69, 9.17) is 0 Å².